The third-order valence-electron chi connectivity index (χ3n) is 3.80. The number of aliphatic hydroxyl groups is 1. The number of hydrogen-bond acceptors (Lipinski definition) is 3. The van der Waals surface area contributed by atoms with E-state index in [4.69, 9.17) is 16.3 Å². The summed E-state index contributed by atoms with van der Waals surface area (Å²) < 4.78 is 5.58. The fraction of sp³-hybridized carbons (Fsp3) is 0.278. The zero-order chi connectivity index (χ0) is 16.8. The van der Waals surface area contributed by atoms with Gasteiger partial charge in [0.25, 0.3) is 0 Å². The van der Waals surface area contributed by atoms with Gasteiger partial charge in [0.1, 0.15) is 0 Å². The van der Waals surface area contributed by atoms with Crippen LogP contribution >= 0.6 is 27.5 Å². The third-order valence-corrected chi connectivity index (χ3v) is 4.79. The number of methoxy groups -OCH3 is 1. The molecule has 0 radical (unpaired) electrons. The molecular formula is C18H18BrClO3. The molecule has 0 unspecified atom stereocenters. The summed E-state index contributed by atoms with van der Waals surface area (Å²) in [5.74, 6) is -0.300. The first-order valence-electron chi connectivity index (χ1n) is 7.28. The van der Waals surface area contributed by atoms with E-state index in [0.717, 1.165) is 28.4 Å². The van der Waals surface area contributed by atoms with Crippen molar-refractivity contribution in [1.29, 1.82) is 0 Å². The van der Waals surface area contributed by atoms with E-state index >= 15 is 0 Å². The molecule has 0 saturated carbocycles. The third kappa shape index (κ3) is 4.80. The van der Waals surface area contributed by atoms with Crippen molar-refractivity contribution in [1.82, 2.24) is 0 Å². The second-order valence-electron chi connectivity index (χ2n) is 5.27. The molecule has 122 valence electrons. The van der Waals surface area contributed by atoms with Crippen LogP contribution in [0.2, 0.25) is 5.02 Å². The average Bonchev–Trinajstić information content (AvgIpc) is 2.57. The number of halogens is 2. The summed E-state index contributed by atoms with van der Waals surface area (Å²) in [4.78, 5) is 11.5. The SMILES string of the molecule is COC(=O)c1ccc(CC[C@H](CO)c2ccc(Cl)cc2)c(Br)c1. The number of aliphatic hydroxyl groups excluding tert-OH is 1. The average molecular weight is 398 g/mol. The van der Waals surface area contributed by atoms with Crippen molar-refractivity contribution >= 4 is 33.5 Å². The highest BCUT2D eigenvalue weighted by molar-refractivity contribution is 9.10. The molecule has 0 aliphatic carbocycles. The zero-order valence-corrected chi connectivity index (χ0v) is 15.1. The minimum atomic E-state index is -0.355. The summed E-state index contributed by atoms with van der Waals surface area (Å²) in [6, 6.07) is 13.0. The van der Waals surface area contributed by atoms with Crippen molar-refractivity contribution in [2.24, 2.45) is 0 Å². The number of aryl methyl sites for hydroxylation is 1. The Bertz CT molecular complexity index is 670. The van der Waals surface area contributed by atoms with Gasteiger partial charge in [0, 0.05) is 22.0 Å². The number of carbonyl (C=O) groups is 1. The maximum Gasteiger partial charge on any atom is 0.337 e. The maximum atomic E-state index is 11.5. The van der Waals surface area contributed by atoms with Crippen LogP contribution in [-0.4, -0.2) is 24.8 Å². The largest absolute Gasteiger partial charge is 0.465 e. The van der Waals surface area contributed by atoms with Gasteiger partial charge in [-0.25, -0.2) is 4.79 Å². The molecule has 3 nitrogen and oxygen atoms in total. The van der Waals surface area contributed by atoms with Crippen LogP contribution in [0.4, 0.5) is 0 Å². The molecule has 1 N–H and O–H groups in total. The van der Waals surface area contributed by atoms with Gasteiger partial charge in [-0.15, -0.1) is 0 Å². The van der Waals surface area contributed by atoms with Gasteiger partial charge in [-0.05, 0) is 48.2 Å². The molecule has 0 aromatic heterocycles. The van der Waals surface area contributed by atoms with Crippen LogP contribution in [-0.2, 0) is 11.2 Å². The first-order valence-corrected chi connectivity index (χ1v) is 8.45. The normalized spacial score (nSPS) is 12.0. The van der Waals surface area contributed by atoms with Crippen LogP contribution in [0.25, 0.3) is 0 Å². The Hall–Kier alpha value is -1.36. The van der Waals surface area contributed by atoms with Crippen LogP contribution in [0.3, 0.4) is 0 Å². The quantitative estimate of drug-likeness (QED) is 0.725. The minimum Gasteiger partial charge on any atom is -0.465 e. The molecule has 0 fully saturated rings. The Kier molecular flexibility index (Phi) is 6.63. The first-order chi connectivity index (χ1) is 11.0. The molecule has 5 heteroatoms. The van der Waals surface area contributed by atoms with Crippen molar-refractivity contribution in [2.45, 2.75) is 18.8 Å². The van der Waals surface area contributed by atoms with E-state index in [1.807, 2.05) is 30.3 Å². The van der Waals surface area contributed by atoms with Gasteiger partial charge in [0.2, 0.25) is 0 Å². The number of carbonyl (C=O) groups excluding carboxylic acids is 1. The molecule has 2 rings (SSSR count). The van der Waals surface area contributed by atoms with Crippen LogP contribution in [0, 0.1) is 0 Å². The van der Waals surface area contributed by atoms with Gasteiger partial charge in [0.15, 0.2) is 0 Å². The van der Waals surface area contributed by atoms with Crippen LogP contribution < -0.4 is 0 Å². The van der Waals surface area contributed by atoms with Crippen molar-refractivity contribution < 1.29 is 14.6 Å². The van der Waals surface area contributed by atoms with Crippen LogP contribution in [0.15, 0.2) is 46.9 Å². The molecule has 23 heavy (non-hydrogen) atoms. The molecule has 0 amide bonds. The highest BCUT2D eigenvalue weighted by Crippen LogP contribution is 2.26. The monoisotopic (exact) mass is 396 g/mol. The topological polar surface area (TPSA) is 46.5 Å². The van der Waals surface area contributed by atoms with Gasteiger partial charge in [-0.1, -0.05) is 45.7 Å². The lowest BCUT2D eigenvalue weighted by atomic mass is 9.93. The van der Waals surface area contributed by atoms with E-state index in [9.17, 15) is 9.90 Å². The van der Waals surface area contributed by atoms with Crippen molar-refractivity contribution in [3.63, 3.8) is 0 Å². The molecule has 1 atom stereocenters. The summed E-state index contributed by atoms with van der Waals surface area (Å²) in [7, 11) is 1.36. The molecule has 2 aromatic rings. The fourth-order valence-corrected chi connectivity index (χ4v) is 3.13. The van der Waals surface area contributed by atoms with E-state index in [2.05, 4.69) is 15.9 Å². The second-order valence-corrected chi connectivity index (χ2v) is 6.56. The Labute approximate surface area is 149 Å². The highest BCUT2D eigenvalue weighted by Gasteiger charge is 2.13. The predicted octanol–water partition coefficient (Wildman–Crippen LogP) is 4.60. The van der Waals surface area contributed by atoms with E-state index in [-0.39, 0.29) is 18.5 Å². The molecular weight excluding hydrogens is 380 g/mol. The van der Waals surface area contributed by atoms with Crippen LogP contribution in [0.1, 0.15) is 33.8 Å². The summed E-state index contributed by atoms with van der Waals surface area (Å²) in [5.41, 5.74) is 2.67. The predicted molar refractivity (Wildman–Crippen MR) is 95.1 cm³/mol. The summed E-state index contributed by atoms with van der Waals surface area (Å²) in [6.07, 6.45) is 1.59. The van der Waals surface area contributed by atoms with E-state index in [0.29, 0.717) is 10.6 Å². The minimum absolute atomic E-state index is 0.0550. The van der Waals surface area contributed by atoms with Crippen molar-refractivity contribution in [2.75, 3.05) is 13.7 Å². The molecule has 0 bridgehead atoms. The second kappa shape index (κ2) is 8.48. The number of ether oxygens (including phenoxy) is 1. The summed E-state index contributed by atoms with van der Waals surface area (Å²) in [6.45, 7) is 0.0828. The van der Waals surface area contributed by atoms with Gasteiger partial charge in [-0.3, -0.25) is 0 Å². The first kappa shape index (κ1) is 18.0. The van der Waals surface area contributed by atoms with Gasteiger partial charge in [0.05, 0.1) is 12.7 Å². The molecule has 0 spiro atoms. The smallest absolute Gasteiger partial charge is 0.337 e. The Morgan fingerprint density at radius 3 is 2.52 bits per heavy atom. The molecule has 0 saturated heterocycles. The summed E-state index contributed by atoms with van der Waals surface area (Å²) >= 11 is 9.39. The van der Waals surface area contributed by atoms with E-state index < -0.39 is 0 Å². The lowest BCUT2D eigenvalue weighted by molar-refractivity contribution is 0.0600. The molecule has 0 aliphatic rings. The van der Waals surface area contributed by atoms with Crippen molar-refractivity contribution in [3.8, 4) is 0 Å². The highest BCUT2D eigenvalue weighted by atomic mass is 79.9. The number of esters is 1. The Morgan fingerprint density at radius 2 is 1.96 bits per heavy atom. The lowest BCUT2D eigenvalue weighted by Crippen LogP contribution is -2.06. The van der Waals surface area contributed by atoms with E-state index in [1.165, 1.54) is 7.11 Å². The molecule has 0 heterocycles. The lowest BCUT2D eigenvalue weighted by Gasteiger charge is -2.15. The molecule has 2 aromatic carbocycles. The molecule has 0 aliphatic heterocycles. The van der Waals surface area contributed by atoms with Crippen LogP contribution in [0.5, 0.6) is 0 Å². The number of benzene rings is 2. The van der Waals surface area contributed by atoms with E-state index in [1.54, 1.807) is 12.1 Å². The fourth-order valence-electron chi connectivity index (χ4n) is 2.42. The van der Waals surface area contributed by atoms with Gasteiger partial charge in [-0.2, -0.15) is 0 Å². The number of rotatable bonds is 6. The number of hydrogen-bond donors (Lipinski definition) is 1. The zero-order valence-electron chi connectivity index (χ0n) is 12.8. The Balaban J connectivity index is 2.06. The van der Waals surface area contributed by atoms with Gasteiger partial charge < -0.3 is 9.84 Å². The summed E-state index contributed by atoms with van der Waals surface area (Å²) in [5, 5.41) is 10.3. The van der Waals surface area contributed by atoms with Gasteiger partial charge >= 0.3 is 5.97 Å². The maximum absolute atomic E-state index is 11.5. The standard InChI is InChI=1S/C18H18BrClO3/c1-23-18(22)14-4-2-13(17(19)10-14)3-5-15(11-21)12-6-8-16(20)9-7-12/h2,4,6-10,15,21H,3,5,11H2,1H3/t15-/m1/s1. The Morgan fingerprint density at radius 1 is 1.26 bits per heavy atom. The van der Waals surface area contributed by atoms with Crippen molar-refractivity contribution in [3.05, 3.63) is 68.7 Å².